The largest absolute Gasteiger partial charge is 0.508 e. The summed E-state index contributed by atoms with van der Waals surface area (Å²) < 4.78 is 40.3. The molecule has 0 amide bonds. The monoisotopic (exact) mass is 360 g/mol. The zero-order valence-corrected chi connectivity index (χ0v) is 13.0. The van der Waals surface area contributed by atoms with Crippen molar-refractivity contribution < 1.29 is 28.2 Å². The lowest BCUT2D eigenvalue weighted by Gasteiger charge is -2.13. The SMILES string of the molecule is O=C(c1ccccc1O)c1cnc(-c2ccc(O)cc2)nc1C(F)(F)F. The zero-order chi connectivity index (χ0) is 18.9. The number of hydrogen-bond donors (Lipinski definition) is 2. The van der Waals surface area contributed by atoms with E-state index in [1.807, 2.05) is 0 Å². The number of halogens is 3. The first-order chi connectivity index (χ1) is 12.3. The predicted octanol–water partition coefficient (Wildman–Crippen LogP) is 3.80. The van der Waals surface area contributed by atoms with Gasteiger partial charge in [0.15, 0.2) is 17.3 Å². The average Bonchev–Trinajstić information content (AvgIpc) is 2.61. The molecule has 1 aromatic heterocycles. The van der Waals surface area contributed by atoms with Gasteiger partial charge >= 0.3 is 6.18 Å². The third-order valence-electron chi connectivity index (χ3n) is 3.58. The number of carbonyl (C=O) groups is 1. The van der Waals surface area contributed by atoms with E-state index in [-0.39, 0.29) is 22.7 Å². The van der Waals surface area contributed by atoms with Crippen molar-refractivity contribution in [2.75, 3.05) is 0 Å². The van der Waals surface area contributed by atoms with Crippen molar-refractivity contribution in [3.63, 3.8) is 0 Å². The van der Waals surface area contributed by atoms with E-state index < -0.39 is 29.0 Å². The Hall–Kier alpha value is -3.42. The standard InChI is InChI=1S/C18H11F3N2O3/c19-18(20,21)16-13(15(26)12-3-1-2-4-14(12)25)9-22-17(23-16)10-5-7-11(24)8-6-10/h1-9,24-25H. The molecule has 0 fully saturated rings. The van der Waals surface area contributed by atoms with Gasteiger partial charge < -0.3 is 10.2 Å². The predicted molar refractivity (Wildman–Crippen MR) is 85.7 cm³/mol. The molecule has 0 unspecified atom stereocenters. The van der Waals surface area contributed by atoms with Gasteiger partial charge in [0.05, 0.1) is 11.1 Å². The summed E-state index contributed by atoms with van der Waals surface area (Å²) in [5.74, 6) is -1.77. The number of aromatic nitrogens is 2. The molecular formula is C18H11F3N2O3. The molecule has 0 radical (unpaired) electrons. The second kappa shape index (κ2) is 6.47. The van der Waals surface area contributed by atoms with Crippen molar-refractivity contribution >= 4 is 5.78 Å². The number of rotatable bonds is 3. The van der Waals surface area contributed by atoms with Crippen LogP contribution in [0.2, 0.25) is 0 Å². The van der Waals surface area contributed by atoms with Crippen LogP contribution in [0, 0.1) is 0 Å². The number of phenols is 2. The van der Waals surface area contributed by atoms with E-state index in [2.05, 4.69) is 9.97 Å². The first-order valence-corrected chi connectivity index (χ1v) is 7.33. The zero-order valence-electron chi connectivity index (χ0n) is 13.0. The summed E-state index contributed by atoms with van der Waals surface area (Å²) in [4.78, 5) is 19.8. The van der Waals surface area contributed by atoms with E-state index in [1.54, 1.807) is 0 Å². The van der Waals surface area contributed by atoms with Crippen LogP contribution in [0.5, 0.6) is 11.5 Å². The van der Waals surface area contributed by atoms with Gasteiger partial charge in [-0.2, -0.15) is 13.2 Å². The summed E-state index contributed by atoms with van der Waals surface area (Å²) in [5, 5.41) is 19.0. The minimum Gasteiger partial charge on any atom is -0.508 e. The van der Waals surface area contributed by atoms with Crippen molar-refractivity contribution in [3.05, 3.63) is 71.5 Å². The van der Waals surface area contributed by atoms with Gasteiger partial charge in [0.25, 0.3) is 0 Å². The molecule has 0 atom stereocenters. The van der Waals surface area contributed by atoms with Crippen LogP contribution in [0.3, 0.4) is 0 Å². The van der Waals surface area contributed by atoms with E-state index >= 15 is 0 Å². The average molecular weight is 360 g/mol. The van der Waals surface area contributed by atoms with Gasteiger partial charge in [0, 0.05) is 11.8 Å². The van der Waals surface area contributed by atoms with E-state index in [0.29, 0.717) is 0 Å². The Morgan fingerprint density at radius 3 is 2.19 bits per heavy atom. The number of hydrogen-bond acceptors (Lipinski definition) is 5. The first-order valence-electron chi connectivity index (χ1n) is 7.33. The maximum atomic E-state index is 13.4. The molecule has 2 aromatic carbocycles. The topological polar surface area (TPSA) is 83.3 Å². The minimum absolute atomic E-state index is 0.0591. The molecule has 26 heavy (non-hydrogen) atoms. The van der Waals surface area contributed by atoms with Crippen molar-refractivity contribution in [2.45, 2.75) is 6.18 Å². The second-order valence-electron chi connectivity index (χ2n) is 5.35. The molecule has 3 aromatic rings. The minimum atomic E-state index is -4.90. The van der Waals surface area contributed by atoms with Crippen LogP contribution >= 0.6 is 0 Å². The molecule has 0 saturated heterocycles. The fourth-order valence-corrected chi connectivity index (χ4v) is 2.32. The molecule has 0 aliphatic carbocycles. The number of para-hydroxylation sites is 1. The molecule has 3 rings (SSSR count). The number of phenolic OH excluding ortho intramolecular Hbond substituents is 2. The highest BCUT2D eigenvalue weighted by atomic mass is 19.4. The van der Waals surface area contributed by atoms with Crippen LogP contribution in [-0.4, -0.2) is 26.0 Å². The molecule has 0 aliphatic heterocycles. The number of aromatic hydroxyl groups is 2. The number of nitrogens with zero attached hydrogens (tertiary/aromatic N) is 2. The normalized spacial score (nSPS) is 11.3. The van der Waals surface area contributed by atoms with Crippen molar-refractivity contribution in [1.29, 1.82) is 0 Å². The van der Waals surface area contributed by atoms with E-state index in [4.69, 9.17) is 0 Å². The van der Waals surface area contributed by atoms with Crippen LogP contribution in [0.15, 0.2) is 54.7 Å². The summed E-state index contributed by atoms with van der Waals surface area (Å²) >= 11 is 0. The first kappa shape index (κ1) is 17.4. The molecule has 132 valence electrons. The molecule has 1 heterocycles. The van der Waals surface area contributed by atoms with Crippen LogP contribution in [0.1, 0.15) is 21.6 Å². The lowest BCUT2D eigenvalue weighted by Crippen LogP contribution is -2.17. The quantitative estimate of drug-likeness (QED) is 0.694. The fraction of sp³-hybridized carbons (Fsp3) is 0.0556. The summed E-state index contributed by atoms with van der Waals surface area (Å²) in [7, 11) is 0. The van der Waals surface area contributed by atoms with Crippen LogP contribution in [0.25, 0.3) is 11.4 Å². The van der Waals surface area contributed by atoms with Gasteiger partial charge in [-0.05, 0) is 36.4 Å². The summed E-state index contributed by atoms with van der Waals surface area (Å²) in [6, 6.07) is 10.6. The molecule has 0 saturated carbocycles. The maximum Gasteiger partial charge on any atom is 0.434 e. The smallest absolute Gasteiger partial charge is 0.434 e. The van der Waals surface area contributed by atoms with Crippen molar-refractivity contribution in [3.8, 4) is 22.9 Å². The highest BCUT2D eigenvalue weighted by molar-refractivity contribution is 6.11. The van der Waals surface area contributed by atoms with Crippen LogP contribution in [-0.2, 0) is 6.18 Å². The number of benzene rings is 2. The lowest BCUT2D eigenvalue weighted by molar-refractivity contribution is -0.141. The van der Waals surface area contributed by atoms with Crippen molar-refractivity contribution in [2.24, 2.45) is 0 Å². The Balaban J connectivity index is 2.13. The van der Waals surface area contributed by atoms with Gasteiger partial charge in [0.1, 0.15) is 11.5 Å². The Bertz CT molecular complexity index is 970. The number of alkyl halides is 3. The number of carbonyl (C=O) groups excluding carboxylic acids is 1. The van der Waals surface area contributed by atoms with E-state index in [9.17, 15) is 28.2 Å². The molecule has 0 aliphatic rings. The van der Waals surface area contributed by atoms with Crippen LogP contribution < -0.4 is 0 Å². The van der Waals surface area contributed by atoms with Gasteiger partial charge in [0.2, 0.25) is 0 Å². The lowest BCUT2D eigenvalue weighted by atomic mass is 10.0. The van der Waals surface area contributed by atoms with Crippen molar-refractivity contribution in [1.82, 2.24) is 9.97 Å². The fourth-order valence-electron chi connectivity index (χ4n) is 2.32. The molecule has 8 heteroatoms. The van der Waals surface area contributed by atoms with Gasteiger partial charge in [-0.25, -0.2) is 9.97 Å². The van der Waals surface area contributed by atoms with E-state index in [1.165, 1.54) is 48.5 Å². The molecule has 0 bridgehead atoms. The van der Waals surface area contributed by atoms with Crippen LogP contribution in [0.4, 0.5) is 13.2 Å². The molecule has 0 spiro atoms. The third-order valence-corrected chi connectivity index (χ3v) is 3.58. The molecule has 5 nitrogen and oxygen atoms in total. The van der Waals surface area contributed by atoms with Gasteiger partial charge in [-0.15, -0.1) is 0 Å². The highest BCUT2D eigenvalue weighted by Crippen LogP contribution is 2.33. The van der Waals surface area contributed by atoms with E-state index in [0.717, 1.165) is 6.20 Å². The summed E-state index contributed by atoms with van der Waals surface area (Å²) in [6.45, 7) is 0. The summed E-state index contributed by atoms with van der Waals surface area (Å²) in [5.41, 5.74) is -2.20. The number of ketones is 1. The third kappa shape index (κ3) is 3.34. The van der Waals surface area contributed by atoms with Gasteiger partial charge in [-0.3, -0.25) is 4.79 Å². The maximum absolute atomic E-state index is 13.4. The second-order valence-corrected chi connectivity index (χ2v) is 5.35. The van der Waals surface area contributed by atoms with Gasteiger partial charge in [-0.1, -0.05) is 12.1 Å². The Labute approximate surface area is 145 Å². The Morgan fingerprint density at radius 2 is 1.58 bits per heavy atom. The molecular weight excluding hydrogens is 349 g/mol. The highest BCUT2D eigenvalue weighted by Gasteiger charge is 2.38. The Morgan fingerprint density at radius 1 is 0.923 bits per heavy atom. The summed E-state index contributed by atoms with van der Waals surface area (Å²) in [6.07, 6.45) is -4.11. The molecule has 2 N–H and O–H groups in total. The Kier molecular flexibility index (Phi) is 4.33.